The lowest BCUT2D eigenvalue weighted by Gasteiger charge is -2.12. The fourth-order valence-corrected chi connectivity index (χ4v) is 3.06. The van der Waals surface area contributed by atoms with Gasteiger partial charge in [0.15, 0.2) is 6.61 Å². The van der Waals surface area contributed by atoms with Gasteiger partial charge in [-0.25, -0.2) is 4.79 Å². The van der Waals surface area contributed by atoms with Gasteiger partial charge in [0.25, 0.3) is 11.8 Å². The maximum atomic E-state index is 12.6. The minimum absolute atomic E-state index is 0.00666. The highest BCUT2D eigenvalue weighted by Crippen LogP contribution is 2.19. The topological polar surface area (TPSA) is 118 Å². The van der Waals surface area contributed by atoms with Gasteiger partial charge in [-0.05, 0) is 68.4 Å². The van der Waals surface area contributed by atoms with Crippen LogP contribution in [0, 0.1) is 0 Å². The molecule has 0 bridgehead atoms. The summed E-state index contributed by atoms with van der Waals surface area (Å²) in [7, 11) is 1.55. The van der Waals surface area contributed by atoms with Gasteiger partial charge in [-0.3, -0.25) is 9.59 Å². The molecule has 0 unspecified atom stereocenters. The van der Waals surface area contributed by atoms with E-state index < -0.39 is 0 Å². The van der Waals surface area contributed by atoms with Gasteiger partial charge in [-0.15, -0.1) is 0 Å². The Morgan fingerprint density at radius 2 is 1.40 bits per heavy atom. The van der Waals surface area contributed by atoms with Crippen LogP contribution in [0.5, 0.6) is 11.5 Å². The van der Waals surface area contributed by atoms with E-state index in [2.05, 4.69) is 21.3 Å². The van der Waals surface area contributed by atoms with E-state index in [-0.39, 0.29) is 30.5 Å². The number of amides is 4. The van der Waals surface area contributed by atoms with Crippen LogP contribution in [0.3, 0.4) is 0 Å². The van der Waals surface area contributed by atoms with Gasteiger partial charge in [-0.2, -0.15) is 0 Å². The van der Waals surface area contributed by atoms with Crippen molar-refractivity contribution in [1.82, 2.24) is 5.32 Å². The fourth-order valence-electron chi connectivity index (χ4n) is 3.06. The predicted molar refractivity (Wildman–Crippen MR) is 135 cm³/mol. The molecule has 35 heavy (non-hydrogen) atoms. The minimum atomic E-state index is -0.323. The van der Waals surface area contributed by atoms with E-state index in [4.69, 9.17) is 9.47 Å². The molecule has 0 aliphatic carbocycles. The zero-order valence-corrected chi connectivity index (χ0v) is 19.8. The summed E-state index contributed by atoms with van der Waals surface area (Å²) in [4.78, 5) is 36.6. The lowest BCUT2D eigenvalue weighted by atomic mass is 10.2. The Balaban J connectivity index is 1.51. The standard InChI is InChI=1S/C26H28N4O5/c1-17(2)27-26(33)30-20-7-4-6-19(14-20)29-25(32)18-10-12-22(13-11-18)35-16-24(31)28-21-8-5-9-23(15-21)34-3/h4-15,17H,16H2,1-3H3,(H,28,31)(H,29,32)(H2,27,30,33). The van der Waals surface area contributed by atoms with E-state index >= 15 is 0 Å². The molecule has 0 saturated heterocycles. The van der Waals surface area contributed by atoms with Gasteiger partial charge in [0.2, 0.25) is 0 Å². The van der Waals surface area contributed by atoms with Gasteiger partial charge in [-0.1, -0.05) is 12.1 Å². The van der Waals surface area contributed by atoms with Crippen molar-refractivity contribution in [3.05, 3.63) is 78.4 Å². The van der Waals surface area contributed by atoms with Gasteiger partial charge in [0.1, 0.15) is 11.5 Å². The third kappa shape index (κ3) is 8.08. The lowest BCUT2D eigenvalue weighted by molar-refractivity contribution is -0.118. The molecule has 0 atom stereocenters. The monoisotopic (exact) mass is 476 g/mol. The zero-order valence-electron chi connectivity index (χ0n) is 19.8. The molecule has 4 amide bonds. The maximum Gasteiger partial charge on any atom is 0.319 e. The summed E-state index contributed by atoms with van der Waals surface area (Å²) in [6, 6.07) is 20.0. The van der Waals surface area contributed by atoms with Crippen LogP contribution in [0.4, 0.5) is 21.9 Å². The zero-order chi connectivity index (χ0) is 25.2. The number of benzene rings is 3. The molecule has 0 saturated carbocycles. The molecule has 0 heterocycles. The van der Waals surface area contributed by atoms with Crippen LogP contribution in [-0.2, 0) is 4.79 Å². The molecule has 3 rings (SSSR count). The first kappa shape index (κ1) is 25.1. The molecule has 0 aromatic heterocycles. The Morgan fingerprint density at radius 1 is 0.771 bits per heavy atom. The van der Waals surface area contributed by atoms with Crippen molar-refractivity contribution in [2.75, 3.05) is 29.7 Å². The fraction of sp³-hybridized carbons (Fsp3) is 0.192. The van der Waals surface area contributed by atoms with Crippen molar-refractivity contribution >= 4 is 34.9 Å². The largest absolute Gasteiger partial charge is 0.497 e. The Bertz CT molecular complexity index is 1180. The lowest BCUT2D eigenvalue weighted by Crippen LogP contribution is -2.34. The molecule has 0 spiro atoms. The molecule has 4 N–H and O–H groups in total. The number of carbonyl (C=O) groups excluding carboxylic acids is 3. The Morgan fingerprint density at radius 3 is 2.06 bits per heavy atom. The van der Waals surface area contributed by atoms with Crippen molar-refractivity contribution in [2.24, 2.45) is 0 Å². The van der Waals surface area contributed by atoms with Gasteiger partial charge in [0.05, 0.1) is 7.11 Å². The summed E-state index contributed by atoms with van der Waals surface area (Å²) in [5, 5.41) is 11.0. The molecule has 9 heteroatoms. The molecular weight excluding hydrogens is 448 g/mol. The Labute approximate surface area is 203 Å². The van der Waals surface area contributed by atoms with Crippen LogP contribution in [-0.4, -0.2) is 37.6 Å². The second-order valence-corrected chi connectivity index (χ2v) is 7.88. The Hall–Kier alpha value is -4.53. The highest BCUT2D eigenvalue weighted by atomic mass is 16.5. The summed E-state index contributed by atoms with van der Waals surface area (Å²) in [6.07, 6.45) is 0. The molecule has 0 radical (unpaired) electrons. The van der Waals surface area contributed by atoms with Crippen LogP contribution in [0.15, 0.2) is 72.8 Å². The number of anilines is 3. The van der Waals surface area contributed by atoms with Gasteiger partial charge < -0.3 is 30.7 Å². The molecule has 3 aromatic carbocycles. The Kier molecular flexibility index (Phi) is 8.66. The third-order valence-electron chi connectivity index (χ3n) is 4.64. The highest BCUT2D eigenvalue weighted by molar-refractivity contribution is 6.04. The highest BCUT2D eigenvalue weighted by Gasteiger charge is 2.10. The van der Waals surface area contributed by atoms with Crippen molar-refractivity contribution in [1.29, 1.82) is 0 Å². The first-order valence-corrected chi connectivity index (χ1v) is 11.0. The molecule has 0 fully saturated rings. The molecule has 3 aromatic rings. The molecule has 9 nitrogen and oxygen atoms in total. The quantitative estimate of drug-likeness (QED) is 0.363. The molecule has 0 aliphatic heterocycles. The number of hydrogen-bond donors (Lipinski definition) is 4. The van der Waals surface area contributed by atoms with Gasteiger partial charge in [0, 0.05) is 34.7 Å². The van der Waals surface area contributed by atoms with Crippen molar-refractivity contribution in [2.45, 2.75) is 19.9 Å². The van der Waals surface area contributed by atoms with Crippen LogP contribution in [0.2, 0.25) is 0 Å². The summed E-state index contributed by atoms with van der Waals surface area (Å²) in [5.41, 5.74) is 2.10. The molecule has 0 aliphatic rings. The van der Waals surface area contributed by atoms with Gasteiger partial charge >= 0.3 is 6.03 Å². The van der Waals surface area contributed by atoms with Crippen molar-refractivity contribution < 1.29 is 23.9 Å². The van der Waals surface area contributed by atoms with Crippen LogP contribution < -0.4 is 30.7 Å². The smallest absolute Gasteiger partial charge is 0.319 e. The van der Waals surface area contributed by atoms with Crippen LogP contribution in [0.1, 0.15) is 24.2 Å². The van der Waals surface area contributed by atoms with E-state index in [0.717, 1.165) is 0 Å². The van der Waals surface area contributed by atoms with Crippen LogP contribution >= 0.6 is 0 Å². The van der Waals surface area contributed by atoms with Crippen LogP contribution in [0.25, 0.3) is 0 Å². The molecule has 182 valence electrons. The summed E-state index contributed by atoms with van der Waals surface area (Å²) in [6.45, 7) is 3.54. The number of rotatable bonds is 9. The number of urea groups is 1. The van der Waals surface area contributed by atoms with Crippen molar-refractivity contribution in [3.8, 4) is 11.5 Å². The number of nitrogens with one attached hydrogen (secondary N) is 4. The second kappa shape index (κ2) is 12.1. The van der Waals surface area contributed by atoms with Crippen molar-refractivity contribution in [3.63, 3.8) is 0 Å². The third-order valence-corrected chi connectivity index (χ3v) is 4.64. The number of methoxy groups -OCH3 is 1. The number of ether oxygens (including phenoxy) is 2. The van der Waals surface area contributed by atoms with E-state index in [9.17, 15) is 14.4 Å². The second-order valence-electron chi connectivity index (χ2n) is 7.88. The summed E-state index contributed by atoms with van der Waals surface area (Å²) in [5.74, 6) is 0.439. The molecular formula is C26H28N4O5. The number of carbonyl (C=O) groups is 3. The van der Waals surface area contributed by atoms with E-state index in [1.54, 1.807) is 79.9 Å². The predicted octanol–water partition coefficient (Wildman–Crippen LogP) is 4.49. The average Bonchev–Trinajstić information content (AvgIpc) is 2.83. The normalized spacial score (nSPS) is 10.3. The first-order chi connectivity index (χ1) is 16.8. The minimum Gasteiger partial charge on any atom is -0.497 e. The average molecular weight is 477 g/mol. The van der Waals surface area contributed by atoms with E-state index in [1.807, 2.05) is 13.8 Å². The first-order valence-electron chi connectivity index (χ1n) is 11.0. The van der Waals surface area contributed by atoms with E-state index in [1.165, 1.54) is 0 Å². The maximum absolute atomic E-state index is 12.6. The number of hydrogen-bond acceptors (Lipinski definition) is 5. The summed E-state index contributed by atoms with van der Waals surface area (Å²) >= 11 is 0. The SMILES string of the molecule is COc1cccc(NC(=O)COc2ccc(C(=O)Nc3cccc(NC(=O)NC(C)C)c3)cc2)c1. The summed E-state index contributed by atoms with van der Waals surface area (Å²) < 4.78 is 10.6. The van der Waals surface area contributed by atoms with E-state index in [0.29, 0.717) is 34.1 Å².